The van der Waals surface area contributed by atoms with Crippen molar-refractivity contribution < 1.29 is 14.2 Å². The number of hydrogen-bond donors (Lipinski definition) is 0. The minimum Gasteiger partial charge on any atom is -0.497 e. The maximum Gasteiger partial charge on any atom is 0.115 e. The van der Waals surface area contributed by atoms with Crippen LogP contribution in [0.15, 0.2) is 35.1 Å². The largest absolute Gasteiger partial charge is 0.497 e. The van der Waals surface area contributed by atoms with E-state index >= 15 is 0 Å². The summed E-state index contributed by atoms with van der Waals surface area (Å²) in [6.07, 6.45) is 7.33. The van der Waals surface area contributed by atoms with E-state index in [1.807, 2.05) is 0 Å². The highest BCUT2D eigenvalue weighted by Crippen LogP contribution is 2.39. The first kappa shape index (κ1) is 11.6. The molecule has 2 aliphatic carbocycles. The molecule has 0 aromatic rings. The zero-order valence-corrected chi connectivity index (χ0v) is 10.6. The van der Waals surface area contributed by atoms with Gasteiger partial charge in [0.25, 0.3) is 0 Å². The molecule has 1 aliphatic heterocycles. The first-order chi connectivity index (χ1) is 8.81. The summed E-state index contributed by atoms with van der Waals surface area (Å²) >= 11 is 0. The highest BCUT2D eigenvalue weighted by molar-refractivity contribution is 5.45. The molecule has 3 heteroatoms. The molecule has 0 amide bonds. The first-order valence-corrected chi connectivity index (χ1v) is 6.14. The number of allylic oxidation sites excluding steroid dienone is 1. The molecule has 1 heterocycles. The van der Waals surface area contributed by atoms with E-state index in [9.17, 15) is 0 Å². The van der Waals surface area contributed by atoms with Crippen LogP contribution >= 0.6 is 0 Å². The van der Waals surface area contributed by atoms with Gasteiger partial charge in [0.1, 0.15) is 5.76 Å². The lowest BCUT2D eigenvalue weighted by molar-refractivity contribution is 0.0730. The molecule has 3 nitrogen and oxygen atoms in total. The van der Waals surface area contributed by atoms with Gasteiger partial charge in [0.15, 0.2) is 0 Å². The number of hydrogen-bond acceptors (Lipinski definition) is 3. The van der Waals surface area contributed by atoms with E-state index in [-0.39, 0.29) is 18.1 Å². The second-order valence-electron chi connectivity index (χ2n) is 4.65. The van der Waals surface area contributed by atoms with Gasteiger partial charge in [-0.2, -0.15) is 0 Å². The fourth-order valence-electron chi connectivity index (χ4n) is 2.65. The summed E-state index contributed by atoms with van der Waals surface area (Å²) in [5.41, 5.74) is 2.26. The van der Waals surface area contributed by atoms with Crippen molar-refractivity contribution in [2.75, 3.05) is 20.8 Å². The van der Waals surface area contributed by atoms with Crippen LogP contribution in [0.2, 0.25) is 0 Å². The molecule has 3 aliphatic rings. The Kier molecular flexibility index (Phi) is 2.99. The summed E-state index contributed by atoms with van der Waals surface area (Å²) in [4.78, 5) is 0. The lowest BCUT2D eigenvalue weighted by Gasteiger charge is -2.16. The molecule has 3 unspecified atom stereocenters. The maximum absolute atomic E-state index is 6.04. The van der Waals surface area contributed by atoms with Crippen LogP contribution in [0.25, 0.3) is 0 Å². The van der Waals surface area contributed by atoms with Gasteiger partial charge in [0.2, 0.25) is 0 Å². The Labute approximate surface area is 107 Å². The van der Waals surface area contributed by atoms with Gasteiger partial charge >= 0.3 is 0 Å². The molecule has 1 saturated heterocycles. The smallest absolute Gasteiger partial charge is 0.115 e. The number of fused-ring (bicyclic) bond motifs is 3. The van der Waals surface area contributed by atoms with Gasteiger partial charge in [0.05, 0.1) is 31.8 Å². The highest BCUT2D eigenvalue weighted by atomic mass is 16.5. The molecule has 0 radical (unpaired) electrons. The Hall–Kier alpha value is -1.50. The SMILES string of the molecule is COCC1=CC2OC3CC=C(OC)C=C3C2C#C1. The summed E-state index contributed by atoms with van der Waals surface area (Å²) in [5.74, 6) is 7.54. The van der Waals surface area contributed by atoms with Crippen LogP contribution in [0, 0.1) is 17.8 Å². The molecule has 0 N–H and O–H groups in total. The number of ether oxygens (including phenoxy) is 3. The standard InChI is InChI=1S/C15H16O3/c1-16-9-10-3-5-12-13-8-11(17-2)4-6-14(13)18-15(12)7-10/h4,7-8,12,14-15H,6,9H2,1-2H3. The molecule has 0 aromatic heterocycles. The quantitative estimate of drug-likeness (QED) is 0.709. The minimum absolute atomic E-state index is 0.0669. The summed E-state index contributed by atoms with van der Waals surface area (Å²) < 4.78 is 16.4. The highest BCUT2D eigenvalue weighted by Gasteiger charge is 2.40. The average molecular weight is 244 g/mol. The summed E-state index contributed by atoms with van der Waals surface area (Å²) in [5, 5.41) is 0. The molecule has 0 spiro atoms. The molecule has 3 rings (SSSR count). The van der Waals surface area contributed by atoms with Crippen molar-refractivity contribution >= 4 is 0 Å². The van der Waals surface area contributed by atoms with Crippen LogP contribution in [0.4, 0.5) is 0 Å². The van der Waals surface area contributed by atoms with E-state index in [4.69, 9.17) is 14.2 Å². The van der Waals surface area contributed by atoms with Gasteiger partial charge in [-0.1, -0.05) is 11.8 Å². The lowest BCUT2D eigenvalue weighted by Crippen LogP contribution is -2.17. The zero-order chi connectivity index (χ0) is 12.5. The van der Waals surface area contributed by atoms with Gasteiger partial charge < -0.3 is 14.2 Å². The Bertz CT molecular complexity index is 502. The lowest BCUT2D eigenvalue weighted by atomic mass is 9.87. The maximum atomic E-state index is 6.04. The molecule has 1 fully saturated rings. The molecular weight excluding hydrogens is 228 g/mol. The Morgan fingerprint density at radius 1 is 1.44 bits per heavy atom. The van der Waals surface area contributed by atoms with Crippen molar-refractivity contribution in [1.29, 1.82) is 0 Å². The molecule has 94 valence electrons. The summed E-state index contributed by atoms with van der Waals surface area (Å²) in [6, 6.07) is 0. The molecule has 18 heavy (non-hydrogen) atoms. The molecule has 0 aromatic carbocycles. The summed E-state index contributed by atoms with van der Waals surface area (Å²) in [7, 11) is 3.38. The average Bonchev–Trinajstić information content (AvgIpc) is 2.75. The van der Waals surface area contributed by atoms with Crippen LogP contribution in [0.5, 0.6) is 0 Å². The van der Waals surface area contributed by atoms with E-state index in [0.717, 1.165) is 17.8 Å². The van der Waals surface area contributed by atoms with Crippen molar-refractivity contribution in [2.24, 2.45) is 5.92 Å². The Balaban J connectivity index is 1.85. The summed E-state index contributed by atoms with van der Waals surface area (Å²) in [6.45, 7) is 0.560. The van der Waals surface area contributed by atoms with Crippen molar-refractivity contribution in [3.05, 3.63) is 35.1 Å². The number of methoxy groups -OCH3 is 2. The van der Waals surface area contributed by atoms with Gasteiger partial charge in [-0.3, -0.25) is 0 Å². The van der Waals surface area contributed by atoms with Crippen molar-refractivity contribution in [3.63, 3.8) is 0 Å². The van der Waals surface area contributed by atoms with E-state index in [0.29, 0.717) is 6.61 Å². The van der Waals surface area contributed by atoms with Crippen LogP contribution in [-0.4, -0.2) is 33.0 Å². The first-order valence-electron chi connectivity index (χ1n) is 6.14. The van der Waals surface area contributed by atoms with Crippen LogP contribution in [0.1, 0.15) is 6.42 Å². The van der Waals surface area contributed by atoms with E-state index in [2.05, 4.69) is 30.1 Å². The molecule has 0 saturated carbocycles. The van der Waals surface area contributed by atoms with E-state index < -0.39 is 0 Å². The predicted molar refractivity (Wildman–Crippen MR) is 67.7 cm³/mol. The molecule has 0 bridgehead atoms. The van der Waals surface area contributed by atoms with Crippen LogP contribution < -0.4 is 0 Å². The second kappa shape index (κ2) is 4.64. The predicted octanol–water partition coefficient (Wildman–Crippen LogP) is 1.82. The number of rotatable bonds is 3. The second-order valence-corrected chi connectivity index (χ2v) is 4.65. The zero-order valence-electron chi connectivity index (χ0n) is 10.6. The molecular formula is C15H16O3. The normalized spacial score (nSPS) is 32.3. The fraction of sp³-hybridized carbons (Fsp3) is 0.467. The van der Waals surface area contributed by atoms with Gasteiger partial charge in [0, 0.05) is 12.7 Å². The monoisotopic (exact) mass is 244 g/mol. The van der Waals surface area contributed by atoms with Crippen molar-refractivity contribution in [1.82, 2.24) is 0 Å². The van der Waals surface area contributed by atoms with E-state index in [1.54, 1.807) is 14.2 Å². The van der Waals surface area contributed by atoms with Gasteiger partial charge in [-0.05, 0) is 30.2 Å². The Morgan fingerprint density at radius 3 is 3.11 bits per heavy atom. The van der Waals surface area contributed by atoms with Crippen molar-refractivity contribution in [2.45, 2.75) is 18.6 Å². The third-order valence-electron chi connectivity index (χ3n) is 3.51. The Morgan fingerprint density at radius 2 is 2.33 bits per heavy atom. The van der Waals surface area contributed by atoms with Crippen LogP contribution in [-0.2, 0) is 14.2 Å². The van der Waals surface area contributed by atoms with E-state index in [1.165, 1.54) is 5.57 Å². The van der Waals surface area contributed by atoms with Gasteiger partial charge in [-0.25, -0.2) is 0 Å². The third-order valence-corrected chi connectivity index (χ3v) is 3.51. The topological polar surface area (TPSA) is 27.7 Å². The molecule has 3 atom stereocenters. The van der Waals surface area contributed by atoms with Gasteiger partial charge in [-0.15, -0.1) is 0 Å². The third kappa shape index (κ3) is 1.88. The fourth-order valence-corrected chi connectivity index (χ4v) is 2.65. The van der Waals surface area contributed by atoms with Crippen LogP contribution in [0.3, 0.4) is 0 Å². The van der Waals surface area contributed by atoms with Crippen molar-refractivity contribution in [3.8, 4) is 11.8 Å². The minimum atomic E-state index is 0.0669.